The van der Waals surface area contributed by atoms with E-state index >= 15 is 0 Å². The molecule has 0 aliphatic heterocycles. The summed E-state index contributed by atoms with van der Waals surface area (Å²) in [5.41, 5.74) is 0.926. The molecule has 7 nitrogen and oxygen atoms in total. The van der Waals surface area contributed by atoms with E-state index in [1.807, 2.05) is 28.8 Å². The van der Waals surface area contributed by atoms with E-state index in [1.54, 1.807) is 13.3 Å². The van der Waals surface area contributed by atoms with Gasteiger partial charge in [0, 0.05) is 13.3 Å². The first kappa shape index (κ1) is 15.9. The van der Waals surface area contributed by atoms with Gasteiger partial charge in [-0.15, -0.1) is 0 Å². The molecule has 8 heteroatoms. The molecule has 2 rings (SSSR count). The zero-order valence-corrected chi connectivity index (χ0v) is 12.7. The number of imidazole rings is 1. The summed E-state index contributed by atoms with van der Waals surface area (Å²) in [5, 5.41) is 0. The second kappa shape index (κ2) is 7.51. The predicted octanol–water partition coefficient (Wildman–Crippen LogP) is 0.417. The maximum atomic E-state index is 11.8. The molecule has 1 N–H and O–H groups in total. The molecular weight excluding hydrogens is 294 g/mol. The van der Waals surface area contributed by atoms with Gasteiger partial charge in [0.1, 0.15) is 5.82 Å². The van der Waals surface area contributed by atoms with Crippen LogP contribution in [0, 0.1) is 0 Å². The van der Waals surface area contributed by atoms with Crippen LogP contribution in [0.2, 0.25) is 0 Å². The van der Waals surface area contributed by atoms with Crippen LogP contribution in [0.15, 0.2) is 30.6 Å². The van der Waals surface area contributed by atoms with Gasteiger partial charge in [0.2, 0.25) is 10.0 Å². The summed E-state index contributed by atoms with van der Waals surface area (Å²) in [6.45, 7) is 1.13. The minimum absolute atomic E-state index is 0.0833. The van der Waals surface area contributed by atoms with Gasteiger partial charge in [0.15, 0.2) is 0 Å². The highest BCUT2D eigenvalue weighted by Crippen LogP contribution is 2.06. The summed E-state index contributed by atoms with van der Waals surface area (Å²) in [7, 11) is -1.82. The fourth-order valence-corrected chi connectivity index (χ4v) is 2.62. The van der Waals surface area contributed by atoms with E-state index in [0.717, 1.165) is 5.52 Å². The first-order valence-electron chi connectivity index (χ1n) is 6.57. The molecule has 0 unspecified atom stereocenters. The van der Waals surface area contributed by atoms with Gasteiger partial charge in [-0.3, -0.25) is 0 Å². The standard InChI is InChI=1S/C13H19N3O4S/c1-19-6-7-20-8-9-21(17,18)15-11-13-14-10-12-4-2-3-5-16(12)13/h2-5,10,15H,6-9,11H2,1H3. The largest absolute Gasteiger partial charge is 0.382 e. The Morgan fingerprint density at radius 3 is 2.95 bits per heavy atom. The Kier molecular flexibility index (Phi) is 5.68. The first-order valence-corrected chi connectivity index (χ1v) is 8.22. The second-order valence-electron chi connectivity index (χ2n) is 4.42. The third kappa shape index (κ3) is 4.78. The van der Waals surface area contributed by atoms with E-state index in [1.165, 1.54) is 0 Å². The van der Waals surface area contributed by atoms with Crippen LogP contribution >= 0.6 is 0 Å². The molecule has 0 amide bonds. The zero-order chi connectivity index (χ0) is 15.1. The molecule has 0 fully saturated rings. The summed E-state index contributed by atoms with van der Waals surface area (Å²) in [6, 6.07) is 5.69. The fourth-order valence-electron chi connectivity index (χ4n) is 1.79. The zero-order valence-electron chi connectivity index (χ0n) is 11.9. The molecule has 0 radical (unpaired) electrons. The number of nitrogens with one attached hydrogen (secondary N) is 1. The topological polar surface area (TPSA) is 81.9 Å². The SMILES string of the molecule is COCCOCCS(=O)(=O)NCc1ncc2ccccn12. The van der Waals surface area contributed by atoms with E-state index in [-0.39, 0.29) is 18.9 Å². The molecule has 0 atom stereocenters. The van der Waals surface area contributed by atoms with Gasteiger partial charge < -0.3 is 13.9 Å². The second-order valence-corrected chi connectivity index (χ2v) is 6.34. The van der Waals surface area contributed by atoms with Crippen LogP contribution in [-0.4, -0.2) is 50.5 Å². The van der Waals surface area contributed by atoms with Gasteiger partial charge in [-0.25, -0.2) is 18.1 Å². The van der Waals surface area contributed by atoms with Crippen molar-refractivity contribution in [1.29, 1.82) is 0 Å². The van der Waals surface area contributed by atoms with Crippen molar-refractivity contribution in [2.75, 3.05) is 32.7 Å². The summed E-state index contributed by atoms with van der Waals surface area (Å²) in [4.78, 5) is 4.21. The van der Waals surface area contributed by atoms with E-state index in [0.29, 0.717) is 19.0 Å². The van der Waals surface area contributed by atoms with Crippen LogP contribution in [0.3, 0.4) is 0 Å². The van der Waals surface area contributed by atoms with Gasteiger partial charge in [-0.05, 0) is 12.1 Å². The van der Waals surface area contributed by atoms with Gasteiger partial charge in [-0.2, -0.15) is 0 Å². The lowest BCUT2D eigenvalue weighted by molar-refractivity contribution is 0.0784. The number of aromatic nitrogens is 2. The minimum atomic E-state index is -3.38. The van der Waals surface area contributed by atoms with Gasteiger partial charge in [-0.1, -0.05) is 6.07 Å². The highest BCUT2D eigenvalue weighted by molar-refractivity contribution is 7.89. The van der Waals surface area contributed by atoms with E-state index < -0.39 is 10.0 Å². The molecule has 0 spiro atoms. The minimum Gasteiger partial charge on any atom is -0.382 e. The van der Waals surface area contributed by atoms with Crippen molar-refractivity contribution in [2.45, 2.75) is 6.54 Å². The molecule has 0 saturated heterocycles. The highest BCUT2D eigenvalue weighted by atomic mass is 32.2. The molecule has 0 aromatic carbocycles. The predicted molar refractivity (Wildman–Crippen MR) is 78.5 cm³/mol. The van der Waals surface area contributed by atoms with E-state index in [9.17, 15) is 8.42 Å². The first-order chi connectivity index (χ1) is 10.1. The lowest BCUT2D eigenvalue weighted by Gasteiger charge is -2.07. The summed E-state index contributed by atoms with van der Waals surface area (Å²) in [6.07, 6.45) is 3.55. The number of nitrogens with zero attached hydrogens (tertiary/aromatic N) is 2. The van der Waals surface area contributed by atoms with Crippen molar-refractivity contribution in [3.05, 3.63) is 36.4 Å². The van der Waals surface area contributed by atoms with Crippen LogP contribution < -0.4 is 4.72 Å². The van der Waals surface area contributed by atoms with Crippen LogP contribution in [0.25, 0.3) is 5.52 Å². The van der Waals surface area contributed by atoms with Gasteiger partial charge in [0.05, 0.1) is 43.8 Å². The monoisotopic (exact) mass is 313 g/mol. The molecular formula is C13H19N3O4S. The van der Waals surface area contributed by atoms with Crippen LogP contribution in [0.5, 0.6) is 0 Å². The molecule has 0 aliphatic carbocycles. The molecule has 2 heterocycles. The van der Waals surface area contributed by atoms with E-state index in [2.05, 4.69) is 9.71 Å². The highest BCUT2D eigenvalue weighted by Gasteiger charge is 2.11. The van der Waals surface area contributed by atoms with Gasteiger partial charge >= 0.3 is 0 Å². The number of methoxy groups -OCH3 is 1. The number of fused-ring (bicyclic) bond motifs is 1. The fraction of sp³-hybridized carbons (Fsp3) is 0.462. The number of sulfonamides is 1. The smallest absolute Gasteiger partial charge is 0.214 e. The maximum Gasteiger partial charge on any atom is 0.214 e. The molecule has 116 valence electrons. The van der Waals surface area contributed by atoms with Crippen LogP contribution in [0.1, 0.15) is 5.82 Å². The molecule has 2 aromatic heterocycles. The summed E-state index contributed by atoms with van der Waals surface area (Å²) in [5.74, 6) is 0.564. The summed E-state index contributed by atoms with van der Waals surface area (Å²) >= 11 is 0. The Bertz CT molecular complexity index is 669. The van der Waals surface area contributed by atoms with Crippen molar-refractivity contribution in [3.8, 4) is 0 Å². The van der Waals surface area contributed by atoms with Crippen molar-refractivity contribution < 1.29 is 17.9 Å². The van der Waals surface area contributed by atoms with Crippen LogP contribution in [0.4, 0.5) is 0 Å². The number of ether oxygens (including phenoxy) is 2. The lowest BCUT2D eigenvalue weighted by atomic mass is 10.4. The number of hydrogen-bond acceptors (Lipinski definition) is 5. The Balaban J connectivity index is 1.84. The quantitative estimate of drug-likeness (QED) is 0.678. The normalized spacial score (nSPS) is 12.0. The average molecular weight is 313 g/mol. The number of rotatable bonds is 9. The number of pyridine rings is 1. The van der Waals surface area contributed by atoms with Crippen molar-refractivity contribution in [3.63, 3.8) is 0 Å². The molecule has 0 aliphatic rings. The average Bonchev–Trinajstić information content (AvgIpc) is 2.88. The van der Waals surface area contributed by atoms with Crippen molar-refractivity contribution in [2.24, 2.45) is 0 Å². The third-order valence-electron chi connectivity index (χ3n) is 2.89. The van der Waals surface area contributed by atoms with Crippen molar-refractivity contribution in [1.82, 2.24) is 14.1 Å². The summed E-state index contributed by atoms with van der Waals surface area (Å²) < 4.78 is 38.0. The third-order valence-corrected chi connectivity index (χ3v) is 4.18. The molecule has 21 heavy (non-hydrogen) atoms. The Labute approximate surface area is 123 Å². The Morgan fingerprint density at radius 1 is 1.29 bits per heavy atom. The molecule has 2 aromatic rings. The van der Waals surface area contributed by atoms with Crippen molar-refractivity contribution >= 4 is 15.5 Å². The number of hydrogen-bond donors (Lipinski definition) is 1. The molecule has 0 bridgehead atoms. The van der Waals surface area contributed by atoms with E-state index in [4.69, 9.17) is 9.47 Å². The van der Waals surface area contributed by atoms with Crippen LogP contribution in [-0.2, 0) is 26.0 Å². The Morgan fingerprint density at radius 2 is 2.14 bits per heavy atom. The Hall–Kier alpha value is -1.48. The molecule has 0 saturated carbocycles. The lowest BCUT2D eigenvalue weighted by Crippen LogP contribution is -2.29. The van der Waals surface area contributed by atoms with Gasteiger partial charge in [0.25, 0.3) is 0 Å². The maximum absolute atomic E-state index is 11.8.